The second-order valence-electron chi connectivity index (χ2n) is 3.69. The first-order chi connectivity index (χ1) is 8.34. The maximum atomic E-state index is 4.20. The van der Waals surface area contributed by atoms with Crippen LogP contribution in [0.1, 0.15) is 5.82 Å². The number of aromatic nitrogens is 6. The molecule has 0 aliphatic heterocycles. The van der Waals surface area contributed by atoms with Crippen LogP contribution in [0.3, 0.4) is 0 Å². The lowest BCUT2D eigenvalue weighted by atomic mass is 10.3. The highest BCUT2D eigenvalue weighted by atomic mass is 15.3. The quantitative estimate of drug-likeness (QED) is 0.690. The first-order valence-corrected chi connectivity index (χ1v) is 5.20. The van der Waals surface area contributed by atoms with Gasteiger partial charge in [0.1, 0.15) is 17.4 Å². The first-order valence-electron chi connectivity index (χ1n) is 5.20. The molecule has 86 valence electrons. The molecule has 0 fully saturated rings. The van der Waals surface area contributed by atoms with Crippen molar-refractivity contribution in [2.45, 2.75) is 6.54 Å². The normalized spacial score (nSPS) is 10.9. The highest BCUT2D eigenvalue weighted by Crippen LogP contribution is 2.18. The van der Waals surface area contributed by atoms with Gasteiger partial charge in [-0.1, -0.05) is 0 Å². The molecule has 0 bridgehead atoms. The largest absolute Gasteiger partial charge is 0.376 e. The van der Waals surface area contributed by atoms with Crippen molar-refractivity contribution in [3.05, 3.63) is 30.6 Å². The number of hydrogen-bond acceptors (Lipinski definition) is 5. The molecule has 7 heteroatoms. The lowest BCUT2D eigenvalue weighted by Gasteiger charge is -2.05. The van der Waals surface area contributed by atoms with E-state index < -0.39 is 0 Å². The van der Waals surface area contributed by atoms with Crippen molar-refractivity contribution < 1.29 is 0 Å². The highest BCUT2D eigenvalue weighted by Gasteiger charge is 2.05. The van der Waals surface area contributed by atoms with Crippen molar-refractivity contribution in [1.82, 2.24) is 29.9 Å². The van der Waals surface area contributed by atoms with Crippen LogP contribution in [0.15, 0.2) is 24.8 Å². The van der Waals surface area contributed by atoms with Crippen LogP contribution in [0.4, 0.5) is 5.69 Å². The fourth-order valence-electron chi connectivity index (χ4n) is 1.64. The summed E-state index contributed by atoms with van der Waals surface area (Å²) in [5, 5.41) is 18.0. The Morgan fingerprint density at radius 1 is 1.47 bits per heavy atom. The summed E-state index contributed by atoms with van der Waals surface area (Å²) in [5.41, 5.74) is 2.60. The van der Waals surface area contributed by atoms with E-state index in [0.29, 0.717) is 6.54 Å². The zero-order valence-corrected chi connectivity index (χ0v) is 9.25. The van der Waals surface area contributed by atoms with Crippen molar-refractivity contribution in [3.63, 3.8) is 0 Å². The molecule has 0 saturated carbocycles. The molecule has 3 aromatic rings. The number of rotatable bonds is 3. The van der Waals surface area contributed by atoms with Gasteiger partial charge in [0.05, 0.1) is 12.2 Å². The first kappa shape index (κ1) is 9.76. The molecule has 7 nitrogen and oxygen atoms in total. The Hall–Kier alpha value is -2.44. The average molecular weight is 229 g/mol. The average Bonchev–Trinajstić information content (AvgIpc) is 2.95. The van der Waals surface area contributed by atoms with E-state index >= 15 is 0 Å². The van der Waals surface area contributed by atoms with Gasteiger partial charge in [-0.25, -0.2) is 0 Å². The fraction of sp³-hybridized carbons (Fsp3) is 0.200. The predicted molar refractivity (Wildman–Crippen MR) is 62.2 cm³/mol. The second kappa shape index (κ2) is 3.85. The molecule has 0 amide bonds. The smallest absolute Gasteiger partial charge is 0.151 e. The van der Waals surface area contributed by atoms with Gasteiger partial charge in [0.25, 0.3) is 0 Å². The van der Waals surface area contributed by atoms with Gasteiger partial charge in [0.15, 0.2) is 5.82 Å². The molecule has 17 heavy (non-hydrogen) atoms. The van der Waals surface area contributed by atoms with E-state index in [9.17, 15) is 0 Å². The number of pyridine rings is 1. The third kappa shape index (κ3) is 1.71. The molecule has 3 aromatic heterocycles. The van der Waals surface area contributed by atoms with Gasteiger partial charge >= 0.3 is 0 Å². The summed E-state index contributed by atoms with van der Waals surface area (Å²) in [7, 11) is 1.91. The number of nitrogens with zero attached hydrogens (tertiary/aromatic N) is 5. The molecule has 0 aliphatic rings. The van der Waals surface area contributed by atoms with Gasteiger partial charge in [0.2, 0.25) is 0 Å². The summed E-state index contributed by atoms with van der Waals surface area (Å²) >= 11 is 0. The van der Waals surface area contributed by atoms with Gasteiger partial charge in [-0.15, -0.1) is 10.2 Å². The lowest BCUT2D eigenvalue weighted by molar-refractivity contribution is 0.812. The van der Waals surface area contributed by atoms with Crippen LogP contribution >= 0.6 is 0 Å². The molecular weight excluding hydrogens is 218 g/mol. The molecule has 0 atom stereocenters. The minimum absolute atomic E-state index is 0.600. The SMILES string of the molecule is Cn1cnnc1CNc1ccnc2c[nH]nc12. The topological polar surface area (TPSA) is 84.3 Å². The second-order valence-corrected chi connectivity index (χ2v) is 3.69. The van der Waals surface area contributed by atoms with Gasteiger partial charge in [-0.3, -0.25) is 10.1 Å². The molecule has 0 aromatic carbocycles. The molecule has 0 saturated heterocycles. The summed E-state index contributed by atoms with van der Waals surface area (Å²) in [6.07, 6.45) is 5.19. The molecule has 0 radical (unpaired) electrons. The Morgan fingerprint density at radius 3 is 3.24 bits per heavy atom. The maximum absolute atomic E-state index is 4.20. The number of hydrogen-bond donors (Lipinski definition) is 2. The van der Waals surface area contributed by atoms with Crippen LogP contribution in [0.2, 0.25) is 0 Å². The van der Waals surface area contributed by atoms with Crippen LogP contribution in [-0.4, -0.2) is 29.9 Å². The van der Waals surface area contributed by atoms with Crippen LogP contribution in [0, 0.1) is 0 Å². The minimum atomic E-state index is 0.600. The van der Waals surface area contributed by atoms with E-state index in [1.54, 1.807) is 18.7 Å². The Balaban J connectivity index is 1.86. The van der Waals surface area contributed by atoms with Gasteiger partial charge < -0.3 is 9.88 Å². The van der Waals surface area contributed by atoms with Gasteiger partial charge in [-0.2, -0.15) is 5.10 Å². The third-order valence-electron chi connectivity index (χ3n) is 2.57. The Bertz CT molecular complexity index is 639. The molecule has 0 aliphatic carbocycles. The maximum Gasteiger partial charge on any atom is 0.151 e. The van der Waals surface area contributed by atoms with E-state index in [2.05, 4.69) is 30.7 Å². The van der Waals surface area contributed by atoms with Crippen molar-refractivity contribution in [1.29, 1.82) is 0 Å². The van der Waals surface area contributed by atoms with Crippen LogP contribution in [-0.2, 0) is 13.6 Å². The van der Waals surface area contributed by atoms with E-state index in [4.69, 9.17) is 0 Å². The van der Waals surface area contributed by atoms with E-state index in [0.717, 1.165) is 22.5 Å². The zero-order chi connectivity index (χ0) is 11.7. The summed E-state index contributed by atoms with van der Waals surface area (Å²) in [4.78, 5) is 4.20. The molecule has 3 rings (SSSR count). The summed E-state index contributed by atoms with van der Waals surface area (Å²) in [5.74, 6) is 0.866. The van der Waals surface area contributed by atoms with E-state index in [-0.39, 0.29) is 0 Å². The number of aromatic amines is 1. The Labute approximate surface area is 96.9 Å². The molecule has 2 N–H and O–H groups in total. The van der Waals surface area contributed by atoms with Crippen molar-refractivity contribution >= 4 is 16.7 Å². The molecular formula is C10H11N7. The molecule has 0 spiro atoms. The summed E-state index contributed by atoms with van der Waals surface area (Å²) in [6.45, 7) is 0.600. The number of fused-ring (bicyclic) bond motifs is 1. The number of nitrogens with one attached hydrogen (secondary N) is 2. The Kier molecular flexibility index (Phi) is 2.21. The van der Waals surface area contributed by atoms with Crippen LogP contribution < -0.4 is 5.32 Å². The molecule has 3 heterocycles. The van der Waals surface area contributed by atoms with Crippen molar-refractivity contribution in [2.24, 2.45) is 7.05 Å². The van der Waals surface area contributed by atoms with Gasteiger partial charge in [-0.05, 0) is 6.07 Å². The van der Waals surface area contributed by atoms with Crippen LogP contribution in [0.5, 0.6) is 0 Å². The number of aryl methyl sites for hydroxylation is 1. The monoisotopic (exact) mass is 229 g/mol. The molecule has 0 unspecified atom stereocenters. The van der Waals surface area contributed by atoms with Crippen molar-refractivity contribution in [2.75, 3.05) is 5.32 Å². The highest BCUT2D eigenvalue weighted by molar-refractivity contribution is 5.86. The summed E-state index contributed by atoms with van der Waals surface area (Å²) < 4.78 is 1.87. The minimum Gasteiger partial charge on any atom is -0.376 e. The fourth-order valence-corrected chi connectivity index (χ4v) is 1.64. The number of H-pyrrole nitrogens is 1. The number of anilines is 1. The Morgan fingerprint density at radius 2 is 2.41 bits per heavy atom. The summed E-state index contributed by atoms with van der Waals surface area (Å²) in [6, 6.07) is 1.89. The third-order valence-corrected chi connectivity index (χ3v) is 2.57. The van der Waals surface area contributed by atoms with Gasteiger partial charge in [0, 0.05) is 19.4 Å². The van der Waals surface area contributed by atoms with E-state index in [1.165, 1.54) is 0 Å². The van der Waals surface area contributed by atoms with Crippen LogP contribution in [0.25, 0.3) is 11.0 Å². The standard InChI is InChI=1S/C10H11N7/c1-17-6-14-15-9(17)5-12-7-2-3-11-8-4-13-16-10(7)8/h2-4,6H,5H2,1H3,(H,11,12)(H,13,16). The van der Waals surface area contributed by atoms with E-state index in [1.807, 2.05) is 17.7 Å². The van der Waals surface area contributed by atoms with Crippen molar-refractivity contribution in [3.8, 4) is 0 Å². The zero-order valence-electron chi connectivity index (χ0n) is 9.25. The lowest BCUT2D eigenvalue weighted by Crippen LogP contribution is -2.06. The predicted octanol–water partition coefficient (Wildman–Crippen LogP) is 0.698.